The van der Waals surface area contributed by atoms with Gasteiger partial charge >= 0.3 is 0 Å². The van der Waals surface area contributed by atoms with Crippen molar-refractivity contribution < 1.29 is 13.2 Å². The minimum atomic E-state index is -3.17. The van der Waals surface area contributed by atoms with E-state index in [-0.39, 0.29) is 11.7 Å². The summed E-state index contributed by atoms with van der Waals surface area (Å²) >= 11 is 0. The zero-order valence-electron chi connectivity index (χ0n) is 11.0. The summed E-state index contributed by atoms with van der Waals surface area (Å²) in [6.07, 6.45) is 1.93. The molecule has 1 amide bonds. The highest BCUT2D eigenvalue weighted by Crippen LogP contribution is 2.23. The van der Waals surface area contributed by atoms with Crippen molar-refractivity contribution >= 4 is 21.4 Å². The van der Waals surface area contributed by atoms with Gasteiger partial charge in [-0.3, -0.25) is 4.79 Å². The number of nitrogens with zero attached hydrogens (tertiary/aromatic N) is 1. The van der Waals surface area contributed by atoms with Crippen LogP contribution in [0.15, 0.2) is 35.7 Å². The third kappa shape index (κ3) is 3.04. The van der Waals surface area contributed by atoms with Crippen LogP contribution in [-0.4, -0.2) is 26.1 Å². The summed E-state index contributed by atoms with van der Waals surface area (Å²) < 4.78 is 23.0. The van der Waals surface area contributed by atoms with E-state index in [1.165, 1.54) is 5.41 Å². The lowest BCUT2D eigenvalue weighted by Crippen LogP contribution is -2.40. The van der Waals surface area contributed by atoms with E-state index in [1.54, 1.807) is 17.9 Å². The number of hydrogen-bond donors (Lipinski definition) is 0. The molecule has 0 spiro atoms. The Labute approximate surface area is 113 Å². The van der Waals surface area contributed by atoms with E-state index in [4.69, 9.17) is 0 Å². The fraction of sp³-hybridized carbons (Fsp3) is 0.357. The third-order valence-corrected chi connectivity index (χ3v) is 4.50. The molecular formula is C14H17NO3S. The van der Waals surface area contributed by atoms with Crippen molar-refractivity contribution in [2.24, 2.45) is 0 Å². The quantitative estimate of drug-likeness (QED) is 0.851. The molecule has 1 aromatic rings. The Bertz CT molecular complexity index is 602. The molecule has 1 aromatic carbocycles. The Morgan fingerprint density at radius 2 is 1.95 bits per heavy atom. The van der Waals surface area contributed by atoms with E-state index in [1.807, 2.05) is 31.2 Å². The number of hydrogen-bond acceptors (Lipinski definition) is 3. The molecule has 19 heavy (non-hydrogen) atoms. The first kappa shape index (κ1) is 13.8. The molecule has 0 aliphatic carbocycles. The van der Waals surface area contributed by atoms with Gasteiger partial charge in [-0.05, 0) is 25.1 Å². The number of sulfone groups is 1. The van der Waals surface area contributed by atoms with Crippen LogP contribution >= 0.6 is 0 Å². The maximum atomic E-state index is 12.1. The number of carbonyl (C=O) groups excluding carboxylic acids is 1. The van der Waals surface area contributed by atoms with Gasteiger partial charge in [-0.1, -0.05) is 24.6 Å². The summed E-state index contributed by atoms with van der Waals surface area (Å²) in [6.45, 7) is 3.74. The van der Waals surface area contributed by atoms with Crippen molar-refractivity contribution in [2.45, 2.75) is 26.3 Å². The maximum Gasteiger partial charge on any atom is 0.227 e. The smallest absolute Gasteiger partial charge is 0.227 e. The monoisotopic (exact) mass is 279 g/mol. The number of aryl methyl sites for hydroxylation is 1. The van der Waals surface area contributed by atoms with Crippen molar-refractivity contribution in [1.29, 1.82) is 0 Å². The fourth-order valence-electron chi connectivity index (χ4n) is 2.12. The number of carbonyl (C=O) groups is 1. The molecule has 1 aliphatic heterocycles. The molecule has 1 heterocycles. The molecule has 0 radical (unpaired) electrons. The second kappa shape index (κ2) is 5.17. The van der Waals surface area contributed by atoms with Gasteiger partial charge in [-0.15, -0.1) is 0 Å². The second-order valence-corrected chi connectivity index (χ2v) is 6.61. The van der Waals surface area contributed by atoms with Crippen LogP contribution in [-0.2, 0) is 14.6 Å². The van der Waals surface area contributed by atoms with E-state index < -0.39 is 15.9 Å². The van der Waals surface area contributed by atoms with Gasteiger partial charge in [0.05, 0.1) is 11.8 Å². The van der Waals surface area contributed by atoms with E-state index in [2.05, 4.69) is 0 Å². The maximum absolute atomic E-state index is 12.1. The molecule has 0 fully saturated rings. The van der Waals surface area contributed by atoms with Gasteiger partial charge < -0.3 is 4.90 Å². The predicted molar refractivity (Wildman–Crippen MR) is 75.7 cm³/mol. The van der Waals surface area contributed by atoms with Gasteiger partial charge in [-0.25, -0.2) is 8.42 Å². The first-order valence-corrected chi connectivity index (χ1v) is 7.94. The number of benzene rings is 1. The highest BCUT2D eigenvalue weighted by Gasteiger charge is 2.30. The van der Waals surface area contributed by atoms with Gasteiger partial charge in [0, 0.05) is 17.5 Å². The average Bonchev–Trinajstić information content (AvgIpc) is 2.72. The lowest BCUT2D eigenvalue weighted by Gasteiger charge is -2.27. The third-order valence-electron chi connectivity index (χ3n) is 3.13. The first-order valence-electron chi connectivity index (χ1n) is 6.22. The minimum absolute atomic E-state index is 0.0351. The van der Waals surface area contributed by atoms with Crippen molar-refractivity contribution in [3.8, 4) is 0 Å². The van der Waals surface area contributed by atoms with Crippen LogP contribution in [0.3, 0.4) is 0 Å². The molecule has 0 bridgehead atoms. The van der Waals surface area contributed by atoms with Crippen LogP contribution in [0.25, 0.3) is 0 Å². The van der Waals surface area contributed by atoms with E-state index >= 15 is 0 Å². The van der Waals surface area contributed by atoms with Crippen molar-refractivity contribution in [3.63, 3.8) is 0 Å². The van der Waals surface area contributed by atoms with Crippen molar-refractivity contribution in [3.05, 3.63) is 41.3 Å². The highest BCUT2D eigenvalue weighted by molar-refractivity contribution is 7.94. The van der Waals surface area contributed by atoms with Gasteiger partial charge in [-0.2, -0.15) is 0 Å². The van der Waals surface area contributed by atoms with Crippen LogP contribution in [0.1, 0.15) is 18.9 Å². The molecule has 2 rings (SSSR count). The summed E-state index contributed by atoms with van der Waals surface area (Å²) in [4.78, 5) is 13.7. The number of amides is 1. The number of anilines is 1. The Morgan fingerprint density at radius 1 is 1.32 bits per heavy atom. The average molecular weight is 279 g/mol. The van der Waals surface area contributed by atoms with Crippen LogP contribution < -0.4 is 4.90 Å². The zero-order valence-corrected chi connectivity index (χ0v) is 11.9. The molecule has 1 aliphatic rings. The van der Waals surface area contributed by atoms with Gasteiger partial charge in [0.1, 0.15) is 0 Å². The molecule has 0 saturated heterocycles. The lowest BCUT2D eigenvalue weighted by atomic mass is 10.1. The topological polar surface area (TPSA) is 54.5 Å². The lowest BCUT2D eigenvalue weighted by molar-refractivity contribution is -0.118. The Balaban J connectivity index is 2.35. The van der Waals surface area contributed by atoms with Crippen LogP contribution in [0.2, 0.25) is 0 Å². The van der Waals surface area contributed by atoms with E-state index in [0.717, 1.165) is 11.3 Å². The van der Waals surface area contributed by atoms with E-state index in [0.29, 0.717) is 6.42 Å². The molecule has 0 N–H and O–H groups in total. The van der Waals surface area contributed by atoms with Crippen molar-refractivity contribution in [1.82, 2.24) is 0 Å². The molecule has 102 valence electrons. The molecule has 1 unspecified atom stereocenters. The summed E-state index contributed by atoms with van der Waals surface area (Å²) in [5, 5.41) is 1.20. The summed E-state index contributed by atoms with van der Waals surface area (Å²) in [5.41, 5.74) is 1.84. The van der Waals surface area contributed by atoms with Crippen LogP contribution in [0, 0.1) is 6.92 Å². The van der Waals surface area contributed by atoms with Gasteiger partial charge in [0.15, 0.2) is 9.84 Å². The van der Waals surface area contributed by atoms with Crippen LogP contribution in [0.4, 0.5) is 5.69 Å². The molecule has 1 atom stereocenters. The SMILES string of the molecule is CCC(=O)N(c1ccc(C)cc1)C1C=CS(=O)(=O)C1. The first-order chi connectivity index (χ1) is 8.93. The zero-order chi connectivity index (χ0) is 14.0. The largest absolute Gasteiger partial charge is 0.304 e. The summed E-state index contributed by atoms with van der Waals surface area (Å²) in [5.74, 6) is -0.109. The van der Waals surface area contributed by atoms with Crippen LogP contribution in [0.5, 0.6) is 0 Å². The molecule has 4 nitrogen and oxygen atoms in total. The van der Waals surface area contributed by atoms with E-state index in [9.17, 15) is 13.2 Å². The predicted octanol–water partition coefficient (Wildman–Crippen LogP) is 2.05. The van der Waals surface area contributed by atoms with Gasteiger partial charge in [0.25, 0.3) is 0 Å². The Kier molecular flexibility index (Phi) is 3.75. The van der Waals surface area contributed by atoms with Gasteiger partial charge in [0.2, 0.25) is 5.91 Å². The highest BCUT2D eigenvalue weighted by atomic mass is 32.2. The molecule has 0 saturated carbocycles. The normalized spacial score (nSPS) is 20.4. The van der Waals surface area contributed by atoms with Crippen molar-refractivity contribution in [2.75, 3.05) is 10.7 Å². The Morgan fingerprint density at radius 3 is 2.42 bits per heavy atom. The number of rotatable bonds is 3. The second-order valence-electron chi connectivity index (χ2n) is 4.68. The molecular weight excluding hydrogens is 262 g/mol. The summed E-state index contributed by atoms with van der Waals surface area (Å²) in [6, 6.07) is 7.13. The standard InChI is InChI=1S/C14H17NO3S/c1-3-14(16)15(12-6-4-11(2)5-7-12)13-8-9-19(17,18)10-13/h4-9,13H,3,10H2,1-2H3. The summed E-state index contributed by atoms with van der Waals surface area (Å²) in [7, 11) is -3.17. The fourth-order valence-corrected chi connectivity index (χ4v) is 3.38. The minimum Gasteiger partial charge on any atom is -0.304 e. The Hall–Kier alpha value is -1.62. The molecule has 5 heteroatoms. The molecule has 0 aromatic heterocycles.